The minimum atomic E-state index is -0.0234. The van der Waals surface area contributed by atoms with E-state index in [4.69, 9.17) is 13.9 Å². The molecule has 0 unspecified atom stereocenters. The van der Waals surface area contributed by atoms with Gasteiger partial charge in [0.15, 0.2) is 0 Å². The molecule has 4 rings (SSSR count). The van der Waals surface area contributed by atoms with Crippen molar-refractivity contribution in [2.45, 2.75) is 19.5 Å². The molecule has 6 nitrogen and oxygen atoms in total. The third-order valence-corrected chi connectivity index (χ3v) is 5.31. The summed E-state index contributed by atoms with van der Waals surface area (Å²) in [5.74, 6) is 0.712. The summed E-state index contributed by atoms with van der Waals surface area (Å²) in [6, 6.07) is 13.9. The molecule has 0 spiro atoms. The van der Waals surface area contributed by atoms with Crippen molar-refractivity contribution in [2.75, 3.05) is 33.4 Å². The van der Waals surface area contributed by atoms with Gasteiger partial charge >= 0.3 is 0 Å². The van der Waals surface area contributed by atoms with Gasteiger partial charge in [0, 0.05) is 43.2 Å². The molecule has 0 radical (unpaired) electrons. The number of nitrogens with one attached hydrogen (secondary N) is 1. The Morgan fingerprint density at radius 3 is 2.69 bits per heavy atom. The molecule has 1 saturated heterocycles. The predicted molar refractivity (Wildman–Crippen MR) is 111 cm³/mol. The summed E-state index contributed by atoms with van der Waals surface area (Å²) < 4.78 is 16.2. The second kappa shape index (κ2) is 9.11. The van der Waals surface area contributed by atoms with Crippen molar-refractivity contribution in [2.24, 2.45) is 0 Å². The summed E-state index contributed by atoms with van der Waals surface area (Å²) in [5.41, 5.74) is 3.99. The molecule has 0 aliphatic carbocycles. The van der Waals surface area contributed by atoms with Gasteiger partial charge in [0.05, 0.1) is 33.0 Å². The SMILES string of the molecule is COc1ccc2c(CC(=O)NCc3ccccc3CN3CCOCC3)coc2c1. The molecule has 6 heteroatoms. The Labute approximate surface area is 170 Å². The van der Waals surface area contributed by atoms with Gasteiger partial charge in [-0.25, -0.2) is 0 Å². The molecular weight excluding hydrogens is 368 g/mol. The van der Waals surface area contributed by atoms with Gasteiger partial charge in [-0.1, -0.05) is 24.3 Å². The molecule has 3 aromatic rings. The van der Waals surface area contributed by atoms with Crippen molar-refractivity contribution in [3.8, 4) is 5.75 Å². The summed E-state index contributed by atoms with van der Waals surface area (Å²) in [5, 5.41) is 3.99. The van der Waals surface area contributed by atoms with Crippen molar-refractivity contribution in [3.05, 3.63) is 65.4 Å². The lowest BCUT2D eigenvalue weighted by Gasteiger charge is -2.27. The van der Waals surface area contributed by atoms with Gasteiger partial charge in [0.2, 0.25) is 5.91 Å². The second-order valence-electron chi connectivity index (χ2n) is 7.23. The van der Waals surface area contributed by atoms with Crippen LogP contribution in [0, 0.1) is 0 Å². The lowest BCUT2D eigenvalue weighted by molar-refractivity contribution is -0.120. The first-order valence-electron chi connectivity index (χ1n) is 9.90. The van der Waals surface area contributed by atoms with Crippen LogP contribution in [0.4, 0.5) is 0 Å². The quantitative estimate of drug-likeness (QED) is 0.667. The Bertz CT molecular complexity index is 976. The third-order valence-electron chi connectivity index (χ3n) is 5.31. The van der Waals surface area contributed by atoms with Gasteiger partial charge in [0.1, 0.15) is 11.3 Å². The van der Waals surface area contributed by atoms with E-state index < -0.39 is 0 Å². The number of morpholine rings is 1. The smallest absolute Gasteiger partial charge is 0.224 e. The van der Waals surface area contributed by atoms with Crippen LogP contribution in [0.3, 0.4) is 0 Å². The fourth-order valence-corrected chi connectivity index (χ4v) is 3.64. The maximum absolute atomic E-state index is 12.5. The number of hydrogen-bond acceptors (Lipinski definition) is 5. The second-order valence-corrected chi connectivity index (χ2v) is 7.23. The van der Waals surface area contributed by atoms with E-state index in [0.717, 1.165) is 60.7 Å². The average Bonchev–Trinajstić information content (AvgIpc) is 3.15. The number of nitrogens with zero attached hydrogens (tertiary/aromatic N) is 1. The third kappa shape index (κ3) is 4.78. The fraction of sp³-hybridized carbons (Fsp3) is 0.348. The molecule has 1 aliphatic heterocycles. The largest absolute Gasteiger partial charge is 0.497 e. The van der Waals surface area contributed by atoms with Crippen LogP contribution in [-0.4, -0.2) is 44.2 Å². The highest BCUT2D eigenvalue weighted by Crippen LogP contribution is 2.26. The number of carbonyl (C=O) groups is 1. The molecule has 1 aromatic heterocycles. The summed E-state index contributed by atoms with van der Waals surface area (Å²) in [6.07, 6.45) is 1.93. The lowest BCUT2D eigenvalue weighted by Crippen LogP contribution is -2.36. The number of amides is 1. The number of furan rings is 1. The number of fused-ring (bicyclic) bond motifs is 1. The summed E-state index contributed by atoms with van der Waals surface area (Å²) in [6.45, 7) is 4.84. The molecule has 0 atom stereocenters. The minimum Gasteiger partial charge on any atom is -0.497 e. The summed E-state index contributed by atoms with van der Waals surface area (Å²) in [4.78, 5) is 14.9. The standard InChI is InChI=1S/C23H26N2O4/c1-27-20-6-7-21-19(16-29-22(21)13-20)12-23(26)24-14-17-4-2-3-5-18(17)15-25-8-10-28-11-9-25/h2-7,13,16H,8-12,14-15H2,1H3,(H,24,26). The predicted octanol–water partition coefficient (Wildman–Crippen LogP) is 3.13. The van der Waals surface area contributed by atoms with E-state index in [-0.39, 0.29) is 12.3 Å². The van der Waals surface area contributed by atoms with Crippen LogP contribution in [0.2, 0.25) is 0 Å². The maximum Gasteiger partial charge on any atom is 0.224 e. The number of methoxy groups -OCH3 is 1. The van der Waals surface area contributed by atoms with Crippen molar-refractivity contribution >= 4 is 16.9 Å². The molecule has 1 aliphatic rings. The molecule has 0 bridgehead atoms. The topological polar surface area (TPSA) is 63.9 Å². The van der Waals surface area contributed by atoms with E-state index >= 15 is 0 Å². The van der Waals surface area contributed by atoms with Gasteiger partial charge in [-0.15, -0.1) is 0 Å². The zero-order valence-corrected chi connectivity index (χ0v) is 16.6. The average molecular weight is 394 g/mol. The Kier molecular flexibility index (Phi) is 6.12. The Morgan fingerprint density at radius 2 is 1.90 bits per heavy atom. The van der Waals surface area contributed by atoms with Crippen LogP contribution in [0.5, 0.6) is 5.75 Å². The van der Waals surface area contributed by atoms with Gasteiger partial charge in [-0.3, -0.25) is 9.69 Å². The first kappa shape index (κ1) is 19.5. The summed E-state index contributed by atoms with van der Waals surface area (Å²) in [7, 11) is 1.62. The van der Waals surface area contributed by atoms with Crippen molar-refractivity contribution in [1.82, 2.24) is 10.2 Å². The van der Waals surface area contributed by atoms with Crippen LogP contribution in [0.25, 0.3) is 11.0 Å². The maximum atomic E-state index is 12.5. The molecule has 2 aromatic carbocycles. The summed E-state index contributed by atoms with van der Waals surface area (Å²) >= 11 is 0. The highest BCUT2D eigenvalue weighted by Gasteiger charge is 2.14. The molecule has 0 saturated carbocycles. The number of benzene rings is 2. The van der Waals surface area contributed by atoms with E-state index in [1.807, 2.05) is 30.3 Å². The van der Waals surface area contributed by atoms with Gasteiger partial charge in [0.25, 0.3) is 0 Å². The Morgan fingerprint density at radius 1 is 1.10 bits per heavy atom. The molecule has 152 valence electrons. The molecule has 1 fully saturated rings. The molecular formula is C23H26N2O4. The zero-order chi connectivity index (χ0) is 20.1. The van der Waals surface area contributed by atoms with Crippen molar-refractivity contribution < 1.29 is 18.7 Å². The van der Waals surface area contributed by atoms with E-state index in [2.05, 4.69) is 22.3 Å². The highest BCUT2D eigenvalue weighted by molar-refractivity contribution is 5.88. The van der Waals surface area contributed by atoms with Gasteiger partial charge in [-0.2, -0.15) is 0 Å². The first-order valence-corrected chi connectivity index (χ1v) is 9.90. The van der Waals surface area contributed by atoms with E-state index in [9.17, 15) is 4.79 Å². The van der Waals surface area contributed by atoms with Crippen LogP contribution >= 0.6 is 0 Å². The number of rotatable bonds is 7. The van der Waals surface area contributed by atoms with Crippen molar-refractivity contribution in [3.63, 3.8) is 0 Å². The normalized spacial score (nSPS) is 14.8. The lowest BCUT2D eigenvalue weighted by atomic mass is 10.1. The Balaban J connectivity index is 1.37. The van der Waals surface area contributed by atoms with Crippen molar-refractivity contribution in [1.29, 1.82) is 0 Å². The van der Waals surface area contributed by atoms with E-state index in [0.29, 0.717) is 6.54 Å². The van der Waals surface area contributed by atoms with E-state index in [1.165, 1.54) is 5.56 Å². The molecule has 29 heavy (non-hydrogen) atoms. The number of carbonyl (C=O) groups excluding carboxylic acids is 1. The fourth-order valence-electron chi connectivity index (χ4n) is 3.64. The molecule has 1 N–H and O–H groups in total. The van der Waals surface area contributed by atoms with Gasteiger partial charge < -0.3 is 19.2 Å². The highest BCUT2D eigenvalue weighted by atomic mass is 16.5. The minimum absolute atomic E-state index is 0.0234. The Hall–Kier alpha value is -2.83. The number of ether oxygens (including phenoxy) is 2. The van der Waals surface area contributed by atoms with Gasteiger partial charge in [-0.05, 0) is 23.3 Å². The number of hydrogen-bond donors (Lipinski definition) is 1. The van der Waals surface area contributed by atoms with Crippen LogP contribution < -0.4 is 10.1 Å². The monoisotopic (exact) mass is 394 g/mol. The van der Waals surface area contributed by atoms with Crippen LogP contribution in [0.1, 0.15) is 16.7 Å². The first-order chi connectivity index (χ1) is 14.2. The molecule has 2 heterocycles. The molecule has 1 amide bonds. The van der Waals surface area contributed by atoms with Crippen LogP contribution in [0.15, 0.2) is 53.1 Å². The van der Waals surface area contributed by atoms with Crippen LogP contribution in [-0.2, 0) is 29.0 Å². The zero-order valence-electron chi connectivity index (χ0n) is 16.6. The van der Waals surface area contributed by atoms with E-state index in [1.54, 1.807) is 13.4 Å².